The lowest BCUT2D eigenvalue weighted by atomic mass is 10.3. The number of nitro benzene ring substituents is 1. The molecule has 7 nitrogen and oxygen atoms in total. The minimum Gasteiger partial charge on any atom is -0.423 e. The highest BCUT2D eigenvalue weighted by molar-refractivity contribution is 5.83. The molecule has 0 aliphatic heterocycles. The molecule has 0 aliphatic rings. The average molecular weight is 291 g/mol. The van der Waals surface area contributed by atoms with Crippen molar-refractivity contribution < 1.29 is 27.6 Å². The van der Waals surface area contributed by atoms with Crippen LogP contribution < -0.4 is 5.32 Å². The highest BCUT2D eigenvalue weighted by Crippen LogP contribution is 2.27. The third kappa shape index (κ3) is 2.79. The Morgan fingerprint density at radius 2 is 2.20 bits per heavy atom. The van der Waals surface area contributed by atoms with Crippen LogP contribution in [0.1, 0.15) is 0 Å². The zero-order valence-corrected chi connectivity index (χ0v) is 9.72. The number of alkyl halides is 3. The number of anilines is 1. The second-order valence-electron chi connectivity index (χ2n) is 3.84. The number of halogens is 3. The second-order valence-corrected chi connectivity index (χ2v) is 3.84. The molecule has 108 valence electrons. The van der Waals surface area contributed by atoms with Crippen molar-refractivity contribution in [2.75, 3.05) is 11.9 Å². The van der Waals surface area contributed by atoms with E-state index in [0.717, 1.165) is 0 Å². The third-order valence-electron chi connectivity index (χ3n) is 2.42. The summed E-state index contributed by atoms with van der Waals surface area (Å²) in [5.41, 5.74) is -0.347. The van der Waals surface area contributed by atoms with Crippen molar-refractivity contribution in [3.8, 4) is 0 Å². The van der Waals surface area contributed by atoms with Gasteiger partial charge in [-0.1, -0.05) is 6.07 Å². The maximum atomic E-state index is 12.1. The molecule has 2 rings (SSSR count). The first-order valence-electron chi connectivity index (χ1n) is 5.31. The fourth-order valence-electron chi connectivity index (χ4n) is 1.46. The number of para-hydroxylation sites is 1. The van der Waals surface area contributed by atoms with Crippen molar-refractivity contribution in [3.63, 3.8) is 0 Å². The first-order valence-corrected chi connectivity index (χ1v) is 5.31. The van der Waals surface area contributed by atoms with E-state index in [1.165, 1.54) is 18.2 Å². The number of oxazole rings is 1. The van der Waals surface area contributed by atoms with Crippen molar-refractivity contribution in [2.45, 2.75) is 12.3 Å². The maximum absolute atomic E-state index is 12.1. The van der Waals surface area contributed by atoms with Gasteiger partial charge in [0.25, 0.3) is 11.7 Å². The fraction of sp³-hybridized carbons (Fsp3) is 0.300. The van der Waals surface area contributed by atoms with E-state index in [9.17, 15) is 23.3 Å². The largest absolute Gasteiger partial charge is 0.423 e. The lowest BCUT2D eigenvalue weighted by molar-refractivity contribution is -0.383. The SMILES string of the molecule is O=[N+]([O-])c1cccc2oc(NCC(O)C(F)(F)F)nc12. The predicted molar refractivity (Wildman–Crippen MR) is 61.2 cm³/mol. The van der Waals surface area contributed by atoms with Crippen LogP contribution in [0.15, 0.2) is 22.6 Å². The molecule has 0 radical (unpaired) electrons. The molecule has 1 unspecified atom stereocenters. The summed E-state index contributed by atoms with van der Waals surface area (Å²) >= 11 is 0. The number of aromatic nitrogens is 1. The van der Waals surface area contributed by atoms with Crippen LogP contribution in [0.4, 0.5) is 24.9 Å². The molecule has 1 atom stereocenters. The molecule has 2 aromatic rings. The summed E-state index contributed by atoms with van der Waals surface area (Å²) in [6.07, 6.45) is -7.36. The number of nitrogens with one attached hydrogen (secondary N) is 1. The van der Waals surface area contributed by atoms with Gasteiger partial charge < -0.3 is 14.8 Å². The number of nitrogens with zero attached hydrogens (tertiary/aromatic N) is 2. The molecule has 0 spiro atoms. The summed E-state index contributed by atoms with van der Waals surface area (Å²) in [7, 11) is 0. The minimum absolute atomic E-state index is 0.0585. The average Bonchev–Trinajstić information content (AvgIpc) is 2.76. The Hall–Kier alpha value is -2.36. The topological polar surface area (TPSA) is 101 Å². The van der Waals surface area contributed by atoms with E-state index in [1.807, 2.05) is 0 Å². The standard InChI is InChI=1S/C10H8F3N3O4/c11-10(12,13)7(17)4-14-9-15-8-5(16(18)19)2-1-3-6(8)20-9/h1-3,7,17H,4H2,(H,14,15). The number of aliphatic hydroxyl groups is 1. The van der Waals surface area contributed by atoms with Gasteiger partial charge in [-0.25, -0.2) is 0 Å². The van der Waals surface area contributed by atoms with Crippen LogP contribution in [0.25, 0.3) is 11.1 Å². The summed E-state index contributed by atoms with van der Waals surface area (Å²) in [4.78, 5) is 13.7. The Morgan fingerprint density at radius 3 is 2.80 bits per heavy atom. The van der Waals surface area contributed by atoms with Crippen LogP contribution in [0.5, 0.6) is 0 Å². The van der Waals surface area contributed by atoms with Gasteiger partial charge in [0.05, 0.1) is 11.5 Å². The van der Waals surface area contributed by atoms with Gasteiger partial charge in [-0.15, -0.1) is 0 Å². The molecule has 10 heteroatoms. The normalized spacial score (nSPS) is 13.4. The number of hydrogen-bond donors (Lipinski definition) is 2. The van der Waals surface area contributed by atoms with Crippen LogP contribution in [-0.2, 0) is 0 Å². The van der Waals surface area contributed by atoms with Crippen molar-refractivity contribution in [2.24, 2.45) is 0 Å². The van der Waals surface area contributed by atoms with Gasteiger partial charge in [-0.3, -0.25) is 10.1 Å². The summed E-state index contributed by atoms with van der Waals surface area (Å²) < 4.78 is 41.3. The minimum atomic E-state index is -4.77. The molecule has 0 amide bonds. The van der Waals surface area contributed by atoms with E-state index in [4.69, 9.17) is 9.52 Å². The monoisotopic (exact) mass is 291 g/mol. The number of rotatable bonds is 4. The van der Waals surface area contributed by atoms with Gasteiger partial charge in [-0.2, -0.15) is 18.2 Å². The molecular formula is C10H8F3N3O4. The van der Waals surface area contributed by atoms with E-state index < -0.39 is 23.7 Å². The quantitative estimate of drug-likeness (QED) is 0.660. The molecule has 20 heavy (non-hydrogen) atoms. The van der Waals surface area contributed by atoms with E-state index in [2.05, 4.69) is 10.3 Å². The smallest absolute Gasteiger partial charge is 0.416 e. The Kier molecular flexibility index (Phi) is 3.49. The van der Waals surface area contributed by atoms with Crippen molar-refractivity contribution in [1.29, 1.82) is 0 Å². The number of nitro groups is 1. The number of fused-ring (bicyclic) bond motifs is 1. The van der Waals surface area contributed by atoms with E-state index in [1.54, 1.807) is 0 Å². The highest BCUT2D eigenvalue weighted by Gasteiger charge is 2.38. The van der Waals surface area contributed by atoms with Gasteiger partial charge in [0.1, 0.15) is 0 Å². The van der Waals surface area contributed by atoms with Gasteiger partial charge in [0, 0.05) is 6.07 Å². The molecule has 0 bridgehead atoms. The number of benzene rings is 1. The van der Waals surface area contributed by atoms with Crippen LogP contribution in [0.2, 0.25) is 0 Å². The summed E-state index contributed by atoms with van der Waals surface area (Å²) in [6.45, 7) is -0.871. The number of non-ortho nitro benzene ring substituents is 1. The van der Waals surface area contributed by atoms with Crippen LogP contribution in [0.3, 0.4) is 0 Å². The summed E-state index contributed by atoms with van der Waals surface area (Å²) in [5, 5.41) is 21.7. The van der Waals surface area contributed by atoms with Gasteiger partial charge >= 0.3 is 6.18 Å². The molecule has 0 fully saturated rings. The Labute approximate surface area is 109 Å². The molecule has 1 aromatic heterocycles. The number of hydrogen-bond acceptors (Lipinski definition) is 6. The first kappa shape index (κ1) is 14.1. The van der Waals surface area contributed by atoms with Gasteiger partial charge in [-0.05, 0) is 6.07 Å². The summed E-state index contributed by atoms with van der Waals surface area (Å²) in [5.74, 6) is 0. The van der Waals surface area contributed by atoms with Gasteiger partial charge in [0.2, 0.25) is 0 Å². The molecule has 0 aliphatic carbocycles. The van der Waals surface area contributed by atoms with E-state index >= 15 is 0 Å². The maximum Gasteiger partial charge on any atom is 0.416 e. The molecule has 1 heterocycles. The van der Waals surface area contributed by atoms with Crippen LogP contribution in [-0.4, -0.2) is 33.8 Å². The summed E-state index contributed by atoms with van der Waals surface area (Å²) in [6, 6.07) is 3.61. The molecular weight excluding hydrogens is 283 g/mol. The van der Waals surface area contributed by atoms with E-state index in [-0.39, 0.29) is 22.8 Å². The Balaban J connectivity index is 2.21. The Morgan fingerprint density at radius 1 is 1.50 bits per heavy atom. The third-order valence-corrected chi connectivity index (χ3v) is 2.42. The lowest BCUT2D eigenvalue weighted by Crippen LogP contribution is -2.35. The molecule has 0 saturated carbocycles. The second kappa shape index (κ2) is 4.96. The number of aliphatic hydroxyl groups excluding tert-OH is 1. The molecule has 0 saturated heterocycles. The van der Waals surface area contributed by atoms with Crippen LogP contribution in [0, 0.1) is 10.1 Å². The fourth-order valence-corrected chi connectivity index (χ4v) is 1.46. The first-order chi connectivity index (χ1) is 9.29. The van der Waals surface area contributed by atoms with Crippen molar-refractivity contribution >= 4 is 22.8 Å². The predicted octanol–water partition coefficient (Wildman–Crippen LogP) is 2.07. The zero-order valence-electron chi connectivity index (χ0n) is 9.72. The van der Waals surface area contributed by atoms with Crippen LogP contribution >= 0.6 is 0 Å². The Bertz CT molecular complexity index is 640. The molecule has 1 aromatic carbocycles. The molecule has 2 N–H and O–H groups in total. The van der Waals surface area contributed by atoms with Gasteiger partial charge in [0.15, 0.2) is 17.2 Å². The lowest BCUT2D eigenvalue weighted by Gasteiger charge is -2.13. The highest BCUT2D eigenvalue weighted by atomic mass is 19.4. The van der Waals surface area contributed by atoms with Crippen molar-refractivity contribution in [1.82, 2.24) is 4.98 Å². The zero-order chi connectivity index (χ0) is 14.9. The van der Waals surface area contributed by atoms with Crippen molar-refractivity contribution in [3.05, 3.63) is 28.3 Å². The van der Waals surface area contributed by atoms with E-state index in [0.29, 0.717) is 0 Å².